The zero-order valence-electron chi connectivity index (χ0n) is 15.8. The Bertz CT molecular complexity index is 703. The number of rotatable bonds is 5. The fraction of sp³-hybridized carbons (Fsp3) is 0.526. The molecule has 1 N–H and O–H groups in total. The summed E-state index contributed by atoms with van der Waals surface area (Å²) in [7, 11) is 3.91. The molecule has 0 amide bonds. The van der Waals surface area contributed by atoms with Gasteiger partial charge in [-0.15, -0.1) is 35.3 Å². The second-order valence-electron chi connectivity index (χ2n) is 6.57. The van der Waals surface area contributed by atoms with Crippen molar-refractivity contribution in [1.29, 1.82) is 0 Å². The molecule has 2 aromatic rings. The summed E-state index contributed by atoms with van der Waals surface area (Å²) in [4.78, 5) is 17.2. The van der Waals surface area contributed by atoms with Crippen LogP contribution in [0.2, 0.25) is 0 Å². The maximum Gasteiger partial charge on any atom is 0.193 e. The number of hydrogen-bond acceptors (Lipinski definition) is 4. The van der Waals surface area contributed by atoms with E-state index < -0.39 is 0 Å². The molecule has 7 heteroatoms. The third-order valence-electron chi connectivity index (χ3n) is 4.51. The van der Waals surface area contributed by atoms with Gasteiger partial charge < -0.3 is 10.2 Å². The maximum absolute atomic E-state index is 4.83. The summed E-state index contributed by atoms with van der Waals surface area (Å²) in [6.45, 7) is 3.66. The molecule has 0 atom stereocenters. The highest BCUT2D eigenvalue weighted by Crippen LogP contribution is 2.27. The first-order chi connectivity index (χ1) is 12.2. The Morgan fingerprint density at radius 2 is 2.12 bits per heavy atom. The molecule has 1 aliphatic rings. The van der Waals surface area contributed by atoms with Crippen LogP contribution in [0.3, 0.4) is 0 Å². The predicted octanol–water partition coefficient (Wildman–Crippen LogP) is 3.59. The molecule has 3 rings (SSSR count). The number of aliphatic imine (C=N–C) groups is 1. The summed E-state index contributed by atoms with van der Waals surface area (Å²) < 4.78 is 0. The van der Waals surface area contributed by atoms with Gasteiger partial charge in [0.05, 0.1) is 12.2 Å². The monoisotopic (exact) mass is 485 g/mol. The highest BCUT2D eigenvalue weighted by molar-refractivity contribution is 14.0. The van der Waals surface area contributed by atoms with Gasteiger partial charge in [-0.05, 0) is 50.7 Å². The summed E-state index contributed by atoms with van der Waals surface area (Å²) in [5.41, 5.74) is 3.62. The van der Waals surface area contributed by atoms with E-state index in [0.717, 1.165) is 37.6 Å². The smallest absolute Gasteiger partial charge is 0.193 e. The van der Waals surface area contributed by atoms with E-state index in [9.17, 15) is 0 Å². The minimum atomic E-state index is 0. The number of guanidine groups is 1. The van der Waals surface area contributed by atoms with E-state index in [2.05, 4.69) is 39.4 Å². The number of nitrogens with zero attached hydrogens (tertiary/aromatic N) is 4. The topological polar surface area (TPSA) is 53.4 Å². The molecule has 0 bridgehead atoms. The molecular weight excluding hydrogens is 457 g/mol. The van der Waals surface area contributed by atoms with Crippen molar-refractivity contribution in [3.63, 3.8) is 0 Å². The number of aromatic nitrogens is 2. The van der Waals surface area contributed by atoms with Crippen LogP contribution in [-0.2, 0) is 25.8 Å². The van der Waals surface area contributed by atoms with Gasteiger partial charge in [0.15, 0.2) is 5.96 Å². The third kappa shape index (κ3) is 5.64. The fourth-order valence-corrected chi connectivity index (χ4v) is 4.31. The average Bonchev–Trinajstić information content (AvgIpc) is 3.02. The van der Waals surface area contributed by atoms with Crippen molar-refractivity contribution in [1.82, 2.24) is 20.2 Å². The number of nitrogens with one attached hydrogen (secondary N) is 1. The molecule has 5 nitrogen and oxygen atoms in total. The second-order valence-corrected chi connectivity index (χ2v) is 7.74. The van der Waals surface area contributed by atoms with Crippen molar-refractivity contribution >= 4 is 41.3 Å². The average molecular weight is 485 g/mol. The number of fused-ring (bicyclic) bond motifs is 1. The van der Waals surface area contributed by atoms with Crippen LogP contribution in [0.15, 0.2) is 23.3 Å². The molecule has 0 aliphatic heterocycles. The molecule has 142 valence electrons. The molecule has 0 spiro atoms. The van der Waals surface area contributed by atoms with E-state index in [1.54, 1.807) is 0 Å². The predicted molar refractivity (Wildman–Crippen MR) is 120 cm³/mol. The van der Waals surface area contributed by atoms with Crippen molar-refractivity contribution in [3.8, 4) is 0 Å². The molecule has 0 fully saturated rings. The van der Waals surface area contributed by atoms with Crippen LogP contribution in [-0.4, -0.2) is 41.5 Å². The van der Waals surface area contributed by atoms with Gasteiger partial charge in [-0.1, -0.05) is 6.07 Å². The lowest BCUT2D eigenvalue weighted by atomic mass is 10.0. The summed E-state index contributed by atoms with van der Waals surface area (Å²) in [6.07, 6.45) is 7.82. The molecule has 0 saturated heterocycles. The zero-order chi connectivity index (χ0) is 17.6. The highest BCUT2D eigenvalue weighted by atomic mass is 127. The minimum absolute atomic E-state index is 0. The number of thiazole rings is 1. The lowest BCUT2D eigenvalue weighted by molar-refractivity contribution is 0.475. The van der Waals surface area contributed by atoms with Gasteiger partial charge in [0.25, 0.3) is 0 Å². The van der Waals surface area contributed by atoms with Crippen molar-refractivity contribution in [2.24, 2.45) is 4.99 Å². The summed E-state index contributed by atoms with van der Waals surface area (Å²) in [5.74, 6) is 0.910. The van der Waals surface area contributed by atoms with Gasteiger partial charge in [-0.2, -0.15) is 0 Å². The Morgan fingerprint density at radius 1 is 1.31 bits per heavy atom. The fourth-order valence-electron chi connectivity index (χ4n) is 3.10. The van der Waals surface area contributed by atoms with Gasteiger partial charge in [-0.25, -0.2) is 4.98 Å². The Kier molecular flexibility index (Phi) is 8.27. The molecule has 2 aromatic heterocycles. The molecule has 0 radical (unpaired) electrons. The van der Waals surface area contributed by atoms with Crippen LogP contribution >= 0.6 is 35.3 Å². The Balaban J connectivity index is 0.00000243. The minimum Gasteiger partial charge on any atom is -0.356 e. The van der Waals surface area contributed by atoms with Crippen molar-refractivity contribution in [2.75, 3.05) is 20.6 Å². The third-order valence-corrected chi connectivity index (χ3v) is 5.65. The van der Waals surface area contributed by atoms with E-state index in [1.807, 2.05) is 31.5 Å². The molecular formula is C19H28IN5S. The normalized spacial score (nSPS) is 13.7. The quantitative estimate of drug-likeness (QED) is 0.400. The van der Waals surface area contributed by atoms with Crippen LogP contribution in [0.25, 0.3) is 0 Å². The van der Waals surface area contributed by atoms with E-state index in [-0.39, 0.29) is 24.0 Å². The van der Waals surface area contributed by atoms with Gasteiger partial charge >= 0.3 is 0 Å². The lowest BCUT2D eigenvalue weighted by Crippen LogP contribution is -2.39. The van der Waals surface area contributed by atoms with Crippen LogP contribution in [0, 0.1) is 6.92 Å². The zero-order valence-corrected chi connectivity index (χ0v) is 18.9. The van der Waals surface area contributed by atoms with Crippen LogP contribution in [0.1, 0.15) is 39.7 Å². The number of aryl methyl sites for hydroxylation is 3. The number of halogens is 1. The summed E-state index contributed by atoms with van der Waals surface area (Å²) in [5, 5.41) is 4.63. The first kappa shape index (κ1) is 21.1. The highest BCUT2D eigenvalue weighted by Gasteiger charge is 2.16. The van der Waals surface area contributed by atoms with Crippen LogP contribution in [0.4, 0.5) is 0 Å². The molecule has 0 unspecified atom stereocenters. The van der Waals surface area contributed by atoms with Crippen molar-refractivity contribution < 1.29 is 0 Å². The second kappa shape index (κ2) is 10.2. The van der Waals surface area contributed by atoms with Gasteiger partial charge in [0.1, 0.15) is 5.01 Å². The summed E-state index contributed by atoms with van der Waals surface area (Å²) in [6, 6.07) is 4.19. The first-order valence-corrected chi connectivity index (χ1v) is 9.78. The largest absolute Gasteiger partial charge is 0.356 e. The van der Waals surface area contributed by atoms with E-state index in [0.29, 0.717) is 0 Å². The number of pyridine rings is 1. The van der Waals surface area contributed by atoms with Crippen LogP contribution in [0.5, 0.6) is 0 Å². The SMILES string of the molecule is CN=C(NCCc1ccc(C)nc1)N(C)Cc1nc2c(s1)CCCC2.I. The van der Waals surface area contributed by atoms with Crippen LogP contribution < -0.4 is 5.32 Å². The maximum atomic E-state index is 4.83. The van der Waals surface area contributed by atoms with Gasteiger partial charge in [-0.3, -0.25) is 9.98 Å². The Morgan fingerprint density at radius 3 is 2.81 bits per heavy atom. The molecule has 26 heavy (non-hydrogen) atoms. The number of hydrogen-bond donors (Lipinski definition) is 1. The van der Waals surface area contributed by atoms with E-state index in [1.165, 1.54) is 40.4 Å². The van der Waals surface area contributed by atoms with Crippen molar-refractivity contribution in [2.45, 2.75) is 45.6 Å². The standard InChI is InChI=1S/C19H27N5S.HI/c1-14-8-9-15(12-22-14)10-11-21-19(20-2)24(3)13-18-23-16-6-4-5-7-17(16)25-18;/h8-9,12H,4-7,10-11,13H2,1-3H3,(H,20,21);1H. The van der Waals surface area contributed by atoms with Crippen molar-refractivity contribution in [3.05, 3.63) is 45.2 Å². The molecule has 2 heterocycles. The summed E-state index contributed by atoms with van der Waals surface area (Å²) >= 11 is 1.87. The van der Waals surface area contributed by atoms with E-state index >= 15 is 0 Å². The Labute approximate surface area is 177 Å². The van der Waals surface area contributed by atoms with Gasteiger partial charge in [0.2, 0.25) is 0 Å². The van der Waals surface area contributed by atoms with Gasteiger partial charge in [0, 0.05) is 37.4 Å². The first-order valence-electron chi connectivity index (χ1n) is 8.96. The molecule has 0 aromatic carbocycles. The molecule has 0 saturated carbocycles. The Hall–Kier alpha value is -1.22. The van der Waals surface area contributed by atoms with E-state index in [4.69, 9.17) is 4.98 Å². The molecule has 1 aliphatic carbocycles. The lowest BCUT2D eigenvalue weighted by Gasteiger charge is -2.21.